The predicted molar refractivity (Wildman–Crippen MR) is 105 cm³/mol. The van der Waals surface area contributed by atoms with Crippen LogP contribution in [0.2, 0.25) is 0 Å². The van der Waals surface area contributed by atoms with Crippen LogP contribution in [0, 0.1) is 6.92 Å². The molecule has 3 aromatic carbocycles. The quantitative estimate of drug-likeness (QED) is 0.689. The van der Waals surface area contributed by atoms with Gasteiger partial charge in [0.15, 0.2) is 0 Å². The van der Waals surface area contributed by atoms with Crippen LogP contribution in [-0.4, -0.2) is 12.5 Å². The lowest BCUT2D eigenvalue weighted by Gasteiger charge is -2.21. The number of benzene rings is 3. The Bertz CT molecular complexity index is 857. The van der Waals surface area contributed by atoms with Crippen molar-refractivity contribution in [1.29, 1.82) is 0 Å². The summed E-state index contributed by atoms with van der Waals surface area (Å²) >= 11 is 0. The molecular weight excluding hydrogens is 322 g/mol. The molecule has 26 heavy (non-hydrogen) atoms. The van der Waals surface area contributed by atoms with Gasteiger partial charge in [-0.05, 0) is 37.1 Å². The Morgan fingerprint density at radius 2 is 1.50 bits per heavy atom. The van der Waals surface area contributed by atoms with Crippen LogP contribution in [0.5, 0.6) is 5.75 Å². The SMILES string of the molecule is CCOc1ccccc1C(=O)NC(c1ccccc1)c1ccc(C)cc1. The Labute approximate surface area is 154 Å². The maximum Gasteiger partial charge on any atom is 0.255 e. The minimum absolute atomic E-state index is 0.150. The van der Waals surface area contributed by atoms with Gasteiger partial charge in [0, 0.05) is 0 Å². The molecule has 0 bridgehead atoms. The third-order valence-electron chi connectivity index (χ3n) is 4.25. The average Bonchev–Trinajstić information content (AvgIpc) is 2.68. The van der Waals surface area contributed by atoms with Crippen LogP contribution in [0.3, 0.4) is 0 Å². The number of hydrogen-bond donors (Lipinski definition) is 1. The summed E-state index contributed by atoms with van der Waals surface area (Å²) in [7, 11) is 0. The van der Waals surface area contributed by atoms with Crippen molar-refractivity contribution in [2.75, 3.05) is 6.61 Å². The number of ether oxygens (including phenoxy) is 1. The lowest BCUT2D eigenvalue weighted by Crippen LogP contribution is -2.29. The molecule has 0 spiro atoms. The van der Waals surface area contributed by atoms with Crippen molar-refractivity contribution in [3.63, 3.8) is 0 Å². The molecule has 3 heteroatoms. The average molecular weight is 345 g/mol. The fraction of sp³-hybridized carbons (Fsp3) is 0.174. The first-order valence-corrected chi connectivity index (χ1v) is 8.83. The summed E-state index contributed by atoms with van der Waals surface area (Å²) in [5.41, 5.74) is 3.82. The first-order valence-electron chi connectivity index (χ1n) is 8.83. The minimum atomic E-state index is -0.223. The highest BCUT2D eigenvalue weighted by atomic mass is 16.5. The second-order valence-electron chi connectivity index (χ2n) is 6.16. The number of nitrogens with one attached hydrogen (secondary N) is 1. The number of aryl methyl sites for hydroxylation is 1. The molecule has 0 saturated carbocycles. The number of para-hydroxylation sites is 1. The van der Waals surface area contributed by atoms with Crippen molar-refractivity contribution in [1.82, 2.24) is 5.32 Å². The zero-order chi connectivity index (χ0) is 18.4. The Hall–Kier alpha value is -3.07. The highest BCUT2D eigenvalue weighted by Gasteiger charge is 2.19. The van der Waals surface area contributed by atoms with Crippen LogP contribution in [0.15, 0.2) is 78.9 Å². The Morgan fingerprint density at radius 1 is 0.885 bits per heavy atom. The van der Waals surface area contributed by atoms with Gasteiger partial charge < -0.3 is 10.1 Å². The highest BCUT2D eigenvalue weighted by Crippen LogP contribution is 2.25. The fourth-order valence-electron chi connectivity index (χ4n) is 2.91. The van der Waals surface area contributed by atoms with Crippen LogP contribution in [0.25, 0.3) is 0 Å². The first kappa shape index (κ1) is 17.7. The molecule has 3 nitrogen and oxygen atoms in total. The van der Waals surface area contributed by atoms with Crippen molar-refractivity contribution in [3.8, 4) is 5.75 Å². The van der Waals surface area contributed by atoms with E-state index < -0.39 is 0 Å². The molecule has 1 atom stereocenters. The van der Waals surface area contributed by atoms with Gasteiger partial charge in [0.25, 0.3) is 5.91 Å². The molecule has 0 aliphatic heterocycles. The van der Waals surface area contributed by atoms with Gasteiger partial charge in [-0.25, -0.2) is 0 Å². The second kappa shape index (κ2) is 8.34. The van der Waals surface area contributed by atoms with Gasteiger partial charge in [-0.1, -0.05) is 72.3 Å². The molecule has 0 heterocycles. The van der Waals surface area contributed by atoms with Gasteiger partial charge in [-0.15, -0.1) is 0 Å². The van der Waals surface area contributed by atoms with Crippen molar-refractivity contribution in [2.45, 2.75) is 19.9 Å². The summed E-state index contributed by atoms with van der Waals surface area (Å²) in [5.74, 6) is 0.451. The first-order chi connectivity index (χ1) is 12.7. The largest absolute Gasteiger partial charge is 0.493 e. The molecule has 132 valence electrons. The van der Waals surface area contributed by atoms with Gasteiger partial charge in [0.2, 0.25) is 0 Å². The molecule has 0 aliphatic rings. The maximum atomic E-state index is 13.0. The molecule has 0 radical (unpaired) electrons. The lowest BCUT2D eigenvalue weighted by molar-refractivity contribution is 0.0939. The zero-order valence-corrected chi connectivity index (χ0v) is 15.1. The molecule has 1 unspecified atom stereocenters. The van der Waals surface area contributed by atoms with E-state index >= 15 is 0 Å². The third kappa shape index (κ3) is 4.12. The summed E-state index contributed by atoms with van der Waals surface area (Å²) in [4.78, 5) is 13.0. The highest BCUT2D eigenvalue weighted by molar-refractivity contribution is 5.97. The minimum Gasteiger partial charge on any atom is -0.493 e. The van der Waals surface area contributed by atoms with E-state index in [0.717, 1.165) is 11.1 Å². The van der Waals surface area contributed by atoms with E-state index in [9.17, 15) is 4.79 Å². The molecule has 1 amide bonds. The molecule has 1 N–H and O–H groups in total. The molecule has 3 aromatic rings. The molecule has 0 aromatic heterocycles. The molecule has 0 aliphatic carbocycles. The van der Waals surface area contributed by atoms with E-state index in [1.807, 2.05) is 55.5 Å². The number of hydrogen-bond acceptors (Lipinski definition) is 2. The number of carbonyl (C=O) groups is 1. The van der Waals surface area contributed by atoms with Crippen LogP contribution in [-0.2, 0) is 0 Å². The van der Waals surface area contributed by atoms with Gasteiger partial charge in [0.05, 0.1) is 18.2 Å². The summed E-state index contributed by atoms with van der Waals surface area (Å²) in [5, 5.41) is 3.17. The molecular formula is C23H23NO2. The predicted octanol–water partition coefficient (Wildman–Crippen LogP) is 4.91. The topological polar surface area (TPSA) is 38.3 Å². The van der Waals surface area contributed by atoms with Gasteiger partial charge in [0.1, 0.15) is 5.75 Å². The van der Waals surface area contributed by atoms with Gasteiger partial charge in [-0.2, -0.15) is 0 Å². The van der Waals surface area contributed by atoms with Crippen LogP contribution < -0.4 is 10.1 Å². The maximum absolute atomic E-state index is 13.0. The Balaban J connectivity index is 1.93. The zero-order valence-electron chi connectivity index (χ0n) is 15.1. The monoisotopic (exact) mass is 345 g/mol. The van der Waals surface area contributed by atoms with E-state index in [2.05, 4.69) is 36.5 Å². The standard InChI is InChI=1S/C23H23NO2/c1-3-26-21-12-8-7-11-20(21)23(25)24-22(18-9-5-4-6-10-18)19-15-13-17(2)14-16-19/h4-16,22H,3H2,1-2H3,(H,24,25). The van der Waals surface area contributed by atoms with E-state index in [4.69, 9.17) is 4.74 Å². The van der Waals surface area contributed by atoms with Crippen molar-refractivity contribution < 1.29 is 9.53 Å². The van der Waals surface area contributed by atoms with E-state index in [1.54, 1.807) is 6.07 Å². The van der Waals surface area contributed by atoms with Gasteiger partial charge >= 0.3 is 0 Å². The summed E-state index contributed by atoms with van der Waals surface area (Å²) in [6, 6.07) is 25.3. The third-order valence-corrected chi connectivity index (χ3v) is 4.25. The van der Waals surface area contributed by atoms with Crippen molar-refractivity contribution in [3.05, 3.63) is 101 Å². The van der Waals surface area contributed by atoms with Crippen LogP contribution >= 0.6 is 0 Å². The van der Waals surface area contributed by atoms with E-state index in [-0.39, 0.29) is 11.9 Å². The van der Waals surface area contributed by atoms with E-state index in [1.165, 1.54) is 5.56 Å². The summed E-state index contributed by atoms with van der Waals surface area (Å²) in [6.45, 7) is 4.48. The van der Waals surface area contributed by atoms with Crippen LogP contribution in [0.4, 0.5) is 0 Å². The van der Waals surface area contributed by atoms with E-state index in [0.29, 0.717) is 17.9 Å². The summed E-state index contributed by atoms with van der Waals surface area (Å²) in [6.07, 6.45) is 0. The Kier molecular flexibility index (Phi) is 5.69. The molecule has 3 rings (SSSR count). The van der Waals surface area contributed by atoms with Crippen molar-refractivity contribution in [2.24, 2.45) is 0 Å². The molecule has 0 fully saturated rings. The molecule has 0 saturated heterocycles. The summed E-state index contributed by atoms with van der Waals surface area (Å²) < 4.78 is 5.61. The number of amides is 1. The van der Waals surface area contributed by atoms with Gasteiger partial charge in [-0.3, -0.25) is 4.79 Å². The second-order valence-corrected chi connectivity index (χ2v) is 6.16. The smallest absolute Gasteiger partial charge is 0.255 e. The Morgan fingerprint density at radius 3 is 2.19 bits per heavy atom. The van der Waals surface area contributed by atoms with Crippen molar-refractivity contribution >= 4 is 5.91 Å². The number of carbonyl (C=O) groups excluding carboxylic acids is 1. The lowest BCUT2D eigenvalue weighted by atomic mass is 9.97. The van der Waals surface area contributed by atoms with Crippen LogP contribution in [0.1, 0.15) is 40.0 Å². The fourth-order valence-corrected chi connectivity index (χ4v) is 2.91. The number of rotatable bonds is 6. The normalized spacial score (nSPS) is 11.6.